The van der Waals surface area contributed by atoms with Crippen LogP contribution < -0.4 is 5.32 Å². The molecule has 9 heteroatoms. The molecule has 1 unspecified atom stereocenters. The van der Waals surface area contributed by atoms with E-state index in [1.807, 2.05) is 13.0 Å². The average Bonchev–Trinajstić information content (AvgIpc) is 2.71. The number of hydrogen-bond acceptors (Lipinski definition) is 6. The highest BCUT2D eigenvalue weighted by molar-refractivity contribution is 7.89. The normalized spacial score (nSPS) is 16.9. The summed E-state index contributed by atoms with van der Waals surface area (Å²) in [5.74, 6) is -0.564. The van der Waals surface area contributed by atoms with E-state index in [9.17, 15) is 18.0 Å². The molecule has 32 heavy (non-hydrogen) atoms. The molecule has 1 amide bonds. The third-order valence-electron chi connectivity index (χ3n) is 5.31. The monoisotopic (exact) mass is 468 g/mol. The van der Waals surface area contributed by atoms with Crippen LogP contribution in [-0.2, 0) is 30.7 Å². The maximum absolute atomic E-state index is 13.2. The van der Waals surface area contributed by atoms with Crippen molar-refractivity contribution in [1.29, 1.82) is 0 Å². The van der Waals surface area contributed by atoms with Crippen LogP contribution in [0.4, 0.5) is 4.79 Å². The highest BCUT2D eigenvalue weighted by Gasteiger charge is 2.31. The molecular formula is C23H36N2O6S. The third kappa shape index (κ3) is 7.48. The number of benzene rings is 1. The van der Waals surface area contributed by atoms with Gasteiger partial charge in [0, 0.05) is 19.1 Å². The number of piperidine rings is 1. The molecule has 0 aliphatic carbocycles. The second-order valence-corrected chi connectivity index (χ2v) is 11.0. The Hall–Kier alpha value is -2.13. The Morgan fingerprint density at radius 3 is 2.41 bits per heavy atom. The Kier molecular flexibility index (Phi) is 9.09. The Morgan fingerprint density at radius 2 is 1.84 bits per heavy atom. The Labute approximate surface area is 191 Å². The number of alkyl carbamates (subject to hydrolysis) is 1. The average molecular weight is 469 g/mol. The predicted molar refractivity (Wildman–Crippen MR) is 122 cm³/mol. The van der Waals surface area contributed by atoms with Crippen LogP contribution in [0.3, 0.4) is 0 Å². The van der Waals surface area contributed by atoms with E-state index >= 15 is 0 Å². The van der Waals surface area contributed by atoms with Crippen molar-refractivity contribution < 1.29 is 27.5 Å². The molecule has 1 aromatic rings. The molecule has 1 saturated heterocycles. The Bertz CT molecular complexity index is 886. The van der Waals surface area contributed by atoms with Crippen molar-refractivity contribution in [2.24, 2.45) is 5.92 Å². The van der Waals surface area contributed by atoms with Crippen molar-refractivity contribution in [2.75, 3.05) is 19.7 Å². The van der Waals surface area contributed by atoms with Crippen LogP contribution in [0.15, 0.2) is 29.2 Å². The van der Waals surface area contributed by atoms with E-state index in [1.54, 1.807) is 45.9 Å². The molecule has 1 fully saturated rings. The molecule has 1 atom stereocenters. The van der Waals surface area contributed by atoms with E-state index in [2.05, 4.69) is 5.32 Å². The number of esters is 1. The van der Waals surface area contributed by atoms with Crippen LogP contribution in [-0.4, -0.2) is 56.1 Å². The fourth-order valence-corrected chi connectivity index (χ4v) is 5.18. The molecule has 8 nitrogen and oxygen atoms in total. The lowest BCUT2D eigenvalue weighted by molar-refractivity contribution is -0.148. The quantitative estimate of drug-likeness (QED) is 0.586. The summed E-state index contributed by atoms with van der Waals surface area (Å²) >= 11 is 0. The van der Waals surface area contributed by atoms with Crippen molar-refractivity contribution in [1.82, 2.24) is 9.62 Å². The van der Waals surface area contributed by atoms with Crippen molar-refractivity contribution >= 4 is 22.1 Å². The minimum absolute atomic E-state index is 0.127. The van der Waals surface area contributed by atoms with Gasteiger partial charge in [-0.3, -0.25) is 4.79 Å². The van der Waals surface area contributed by atoms with Gasteiger partial charge >= 0.3 is 12.1 Å². The number of nitrogens with zero attached hydrogens (tertiary/aromatic N) is 1. The van der Waals surface area contributed by atoms with E-state index < -0.39 is 21.7 Å². The molecule has 1 aliphatic heterocycles. The zero-order chi connectivity index (χ0) is 23.9. The first-order chi connectivity index (χ1) is 15.0. The summed E-state index contributed by atoms with van der Waals surface area (Å²) in [6.07, 6.45) is 1.59. The van der Waals surface area contributed by atoms with Gasteiger partial charge in [-0.25, -0.2) is 13.2 Å². The molecular weight excluding hydrogens is 432 g/mol. The summed E-state index contributed by atoms with van der Waals surface area (Å²) in [6, 6.07) is 6.63. The summed E-state index contributed by atoms with van der Waals surface area (Å²) in [7, 11) is -3.67. The minimum atomic E-state index is -3.67. The number of nitrogens with one attached hydrogen (secondary N) is 1. The molecule has 0 bridgehead atoms. The van der Waals surface area contributed by atoms with E-state index in [1.165, 1.54) is 4.31 Å². The number of ether oxygens (including phenoxy) is 2. The predicted octanol–water partition coefficient (Wildman–Crippen LogP) is 3.50. The van der Waals surface area contributed by atoms with Gasteiger partial charge in [-0.1, -0.05) is 19.1 Å². The molecule has 1 heterocycles. The van der Waals surface area contributed by atoms with Crippen molar-refractivity contribution in [2.45, 2.75) is 76.8 Å². The number of sulfonamides is 1. The Balaban J connectivity index is 2.01. The summed E-state index contributed by atoms with van der Waals surface area (Å²) in [6.45, 7) is 10.0. The first kappa shape index (κ1) is 26.1. The Morgan fingerprint density at radius 1 is 1.19 bits per heavy atom. The SMILES string of the molecule is CCOC(=O)C(CC)Cc1cccc(S(=O)(=O)N2CCC(NC(=O)OC(C)(C)C)CC2)c1. The van der Waals surface area contributed by atoms with Gasteiger partial charge in [0.15, 0.2) is 0 Å². The van der Waals surface area contributed by atoms with Crippen LogP contribution >= 0.6 is 0 Å². The number of amides is 1. The maximum Gasteiger partial charge on any atom is 0.407 e. The highest BCUT2D eigenvalue weighted by atomic mass is 32.2. The van der Waals surface area contributed by atoms with Gasteiger partial charge in [-0.2, -0.15) is 4.31 Å². The molecule has 0 saturated carbocycles. The zero-order valence-electron chi connectivity index (χ0n) is 19.7. The van der Waals surface area contributed by atoms with Gasteiger partial charge in [0.1, 0.15) is 5.60 Å². The number of rotatable bonds is 8. The van der Waals surface area contributed by atoms with Crippen LogP contribution in [0.2, 0.25) is 0 Å². The summed E-state index contributed by atoms with van der Waals surface area (Å²) < 4.78 is 38.2. The smallest absolute Gasteiger partial charge is 0.407 e. The molecule has 2 rings (SSSR count). The minimum Gasteiger partial charge on any atom is -0.466 e. The topological polar surface area (TPSA) is 102 Å². The van der Waals surface area contributed by atoms with E-state index in [0.29, 0.717) is 45.4 Å². The standard InChI is InChI=1S/C23H36N2O6S/c1-6-18(21(26)30-7-2)15-17-9-8-10-20(16-17)32(28,29)25-13-11-19(12-14-25)24-22(27)31-23(3,4)5/h8-10,16,18-19H,6-7,11-15H2,1-5H3,(H,24,27). The number of hydrogen-bond donors (Lipinski definition) is 1. The number of carbonyl (C=O) groups excluding carboxylic acids is 2. The lowest BCUT2D eigenvalue weighted by atomic mass is 9.97. The van der Waals surface area contributed by atoms with Gasteiger partial charge in [-0.15, -0.1) is 0 Å². The van der Waals surface area contributed by atoms with Gasteiger partial charge in [0.2, 0.25) is 10.0 Å². The van der Waals surface area contributed by atoms with E-state index in [4.69, 9.17) is 9.47 Å². The fourth-order valence-electron chi connectivity index (χ4n) is 3.64. The second kappa shape index (κ2) is 11.1. The van der Waals surface area contributed by atoms with Crippen molar-refractivity contribution in [3.05, 3.63) is 29.8 Å². The molecule has 0 radical (unpaired) electrons. The van der Waals surface area contributed by atoms with Crippen LogP contribution in [0.5, 0.6) is 0 Å². The molecule has 0 aromatic heterocycles. The van der Waals surface area contributed by atoms with Gasteiger partial charge in [-0.05, 0) is 71.1 Å². The first-order valence-electron chi connectivity index (χ1n) is 11.2. The molecule has 1 N–H and O–H groups in total. The number of carbonyl (C=O) groups is 2. The maximum atomic E-state index is 13.2. The van der Waals surface area contributed by atoms with Gasteiger partial charge in [0.25, 0.3) is 0 Å². The second-order valence-electron chi connectivity index (χ2n) is 9.03. The summed E-state index contributed by atoms with van der Waals surface area (Å²) in [4.78, 5) is 24.3. The van der Waals surface area contributed by atoms with Gasteiger partial charge < -0.3 is 14.8 Å². The van der Waals surface area contributed by atoms with Crippen LogP contribution in [0, 0.1) is 5.92 Å². The third-order valence-corrected chi connectivity index (χ3v) is 7.20. The van der Waals surface area contributed by atoms with Crippen molar-refractivity contribution in [3.63, 3.8) is 0 Å². The molecule has 1 aromatic carbocycles. The first-order valence-corrected chi connectivity index (χ1v) is 12.7. The van der Waals surface area contributed by atoms with Gasteiger partial charge in [0.05, 0.1) is 17.4 Å². The summed E-state index contributed by atoms with van der Waals surface area (Å²) in [5, 5.41) is 2.82. The van der Waals surface area contributed by atoms with E-state index in [-0.39, 0.29) is 22.8 Å². The van der Waals surface area contributed by atoms with Crippen molar-refractivity contribution in [3.8, 4) is 0 Å². The molecule has 0 spiro atoms. The zero-order valence-corrected chi connectivity index (χ0v) is 20.5. The lowest BCUT2D eigenvalue weighted by Gasteiger charge is -2.32. The van der Waals surface area contributed by atoms with Crippen LogP contribution in [0.1, 0.15) is 59.4 Å². The molecule has 1 aliphatic rings. The summed E-state index contributed by atoms with van der Waals surface area (Å²) in [5.41, 5.74) is 0.205. The fraction of sp³-hybridized carbons (Fsp3) is 0.652. The largest absolute Gasteiger partial charge is 0.466 e. The lowest BCUT2D eigenvalue weighted by Crippen LogP contribution is -2.47. The van der Waals surface area contributed by atoms with E-state index in [0.717, 1.165) is 5.56 Å². The highest BCUT2D eigenvalue weighted by Crippen LogP contribution is 2.23. The van der Waals surface area contributed by atoms with Crippen LogP contribution in [0.25, 0.3) is 0 Å². The molecule has 180 valence electrons.